The van der Waals surface area contributed by atoms with E-state index in [1.807, 2.05) is 25.3 Å². The summed E-state index contributed by atoms with van der Waals surface area (Å²) in [5.74, 6) is 1.64. The van der Waals surface area contributed by atoms with E-state index in [4.69, 9.17) is 9.72 Å². The van der Waals surface area contributed by atoms with Crippen molar-refractivity contribution in [2.24, 2.45) is 5.41 Å². The van der Waals surface area contributed by atoms with Crippen LogP contribution in [0.15, 0.2) is 36.8 Å². The predicted molar refractivity (Wildman–Crippen MR) is 131 cm³/mol. The van der Waals surface area contributed by atoms with E-state index in [1.165, 1.54) is 12.8 Å². The number of aliphatic hydroxyl groups excluding tert-OH is 1. The number of pyridine rings is 2. The second kappa shape index (κ2) is 9.24. The molecule has 2 aliphatic rings. The van der Waals surface area contributed by atoms with Gasteiger partial charge in [-0.3, -0.25) is 4.90 Å². The standard InChI is InChI=1S/C26H32N6O2/c1-3-34-21-14-22(24-20(15-27)17-29-32(24)18-21)19-6-7-23(28-16-19)30-12-8-26(2,9-13-30)25(33)31-10-4-5-11-31/h6-7,14,16-18,25,33H,3-5,8-13H2,1-2H3. The lowest BCUT2D eigenvalue weighted by Crippen LogP contribution is -2.51. The van der Waals surface area contributed by atoms with Crippen LogP contribution in [0, 0.1) is 16.7 Å². The van der Waals surface area contributed by atoms with E-state index in [0.717, 1.165) is 61.5 Å². The Morgan fingerprint density at radius 1 is 1.18 bits per heavy atom. The van der Waals surface area contributed by atoms with Crippen LogP contribution in [0.25, 0.3) is 16.6 Å². The van der Waals surface area contributed by atoms with Crippen molar-refractivity contribution in [2.75, 3.05) is 37.7 Å². The van der Waals surface area contributed by atoms with Crippen molar-refractivity contribution in [3.63, 3.8) is 0 Å². The van der Waals surface area contributed by atoms with Crippen molar-refractivity contribution in [3.05, 3.63) is 42.4 Å². The molecule has 0 spiro atoms. The number of nitrogens with zero attached hydrogens (tertiary/aromatic N) is 6. The van der Waals surface area contributed by atoms with Gasteiger partial charge in [0.05, 0.1) is 30.1 Å². The minimum Gasteiger partial charge on any atom is -0.492 e. The number of rotatable bonds is 6. The molecule has 8 heteroatoms. The minimum absolute atomic E-state index is 0.0815. The Balaban J connectivity index is 1.35. The van der Waals surface area contributed by atoms with E-state index in [2.05, 4.69) is 34.0 Å². The molecule has 5 rings (SSSR count). The molecule has 3 aromatic heterocycles. The van der Waals surface area contributed by atoms with E-state index in [9.17, 15) is 10.4 Å². The van der Waals surface area contributed by atoms with Crippen LogP contribution in [0.4, 0.5) is 5.82 Å². The van der Waals surface area contributed by atoms with Gasteiger partial charge in [0.15, 0.2) is 0 Å². The summed E-state index contributed by atoms with van der Waals surface area (Å²) >= 11 is 0. The molecule has 0 amide bonds. The molecule has 0 saturated carbocycles. The molecule has 1 unspecified atom stereocenters. The molecular formula is C26H32N6O2. The van der Waals surface area contributed by atoms with Gasteiger partial charge in [0.25, 0.3) is 0 Å². The van der Waals surface area contributed by atoms with Gasteiger partial charge in [0.1, 0.15) is 23.9 Å². The summed E-state index contributed by atoms with van der Waals surface area (Å²) in [5, 5.41) is 24.9. The van der Waals surface area contributed by atoms with Gasteiger partial charge >= 0.3 is 0 Å². The number of hydrogen-bond acceptors (Lipinski definition) is 7. The Morgan fingerprint density at radius 2 is 1.94 bits per heavy atom. The topological polar surface area (TPSA) is 89.9 Å². The van der Waals surface area contributed by atoms with Crippen LogP contribution in [-0.2, 0) is 0 Å². The predicted octanol–water partition coefficient (Wildman–Crippen LogP) is 3.69. The Labute approximate surface area is 200 Å². The number of piperidine rings is 1. The zero-order chi connectivity index (χ0) is 23.7. The average Bonchev–Trinajstić information content (AvgIpc) is 3.54. The van der Waals surface area contributed by atoms with E-state index in [0.29, 0.717) is 17.9 Å². The minimum atomic E-state index is -0.363. The smallest absolute Gasteiger partial charge is 0.138 e. The fraction of sp³-hybridized carbons (Fsp3) is 0.500. The molecular weight excluding hydrogens is 428 g/mol. The lowest BCUT2D eigenvalue weighted by molar-refractivity contribution is -0.0851. The molecule has 2 saturated heterocycles. The Hall–Kier alpha value is -3.15. The summed E-state index contributed by atoms with van der Waals surface area (Å²) < 4.78 is 7.42. The average molecular weight is 461 g/mol. The summed E-state index contributed by atoms with van der Waals surface area (Å²) in [7, 11) is 0. The van der Waals surface area contributed by atoms with Gasteiger partial charge < -0.3 is 14.7 Å². The first kappa shape index (κ1) is 22.6. The summed E-state index contributed by atoms with van der Waals surface area (Å²) in [6, 6.07) is 8.28. The van der Waals surface area contributed by atoms with Crippen molar-refractivity contribution in [1.82, 2.24) is 19.5 Å². The van der Waals surface area contributed by atoms with Crippen LogP contribution in [0.3, 0.4) is 0 Å². The highest BCUT2D eigenvalue weighted by Crippen LogP contribution is 2.38. The molecule has 5 heterocycles. The molecule has 34 heavy (non-hydrogen) atoms. The molecule has 1 N–H and O–H groups in total. The Bertz CT molecular complexity index is 1180. The fourth-order valence-corrected chi connectivity index (χ4v) is 5.31. The van der Waals surface area contributed by atoms with E-state index in [-0.39, 0.29) is 11.6 Å². The largest absolute Gasteiger partial charge is 0.492 e. The molecule has 2 aliphatic heterocycles. The number of fused-ring (bicyclic) bond motifs is 1. The quantitative estimate of drug-likeness (QED) is 0.600. The number of aromatic nitrogens is 3. The number of hydrogen-bond donors (Lipinski definition) is 1. The lowest BCUT2D eigenvalue weighted by atomic mass is 9.78. The second-order valence-electron chi connectivity index (χ2n) is 9.65. The molecule has 0 aromatic carbocycles. The summed E-state index contributed by atoms with van der Waals surface area (Å²) in [6.45, 7) is 8.47. The second-order valence-corrected chi connectivity index (χ2v) is 9.65. The van der Waals surface area contributed by atoms with Crippen molar-refractivity contribution in [2.45, 2.75) is 45.8 Å². The number of aliphatic hydroxyl groups is 1. The highest BCUT2D eigenvalue weighted by Gasteiger charge is 2.40. The van der Waals surface area contributed by atoms with Crippen LogP contribution in [0.1, 0.15) is 45.1 Å². The highest BCUT2D eigenvalue weighted by molar-refractivity contribution is 5.85. The van der Waals surface area contributed by atoms with Crippen molar-refractivity contribution >= 4 is 11.3 Å². The first-order valence-electron chi connectivity index (χ1n) is 12.2. The fourth-order valence-electron chi connectivity index (χ4n) is 5.31. The van der Waals surface area contributed by atoms with Gasteiger partial charge in [-0.25, -0.2) is 9.50 Å². The van der Waals surface area contributed by atoms with Gasteiger partial charge in [-0.1, -0.05) is 6.92 Å². The third kappa shape index (κ3) is 4.10. The molecule has 178 valence electrons. The van der Waals surface area contributed by atoms with Gasteiger partial charge in [-0.05, 0) is 50.8 Å². The van der Waals surface area contributed by atoms with Crippen LogP contribution >= 0.6 is 0 Å². The van der Waals surface area contributed by atoms with Crippen LogP contribution in [0.5, 0.6) is 5.75 Å². The number of nitriles is 1. The van der Waals surface area contributed by atoms with Crippen LogP contribution in [-0.4, -0.2) is 63.6 Å². The molecule has 0 aliphatic carbocycles. The van der Waals surface area contributed by atoms with Gasteiger partial charge in [0.2, 0.25) is 0 Å². The summed E-state index contributed by atoms with van der Waals surface area (Å²) in [5.41, 5.74) is 2.98. The van der Waals surface area contributed by atoms with Crippen LogP contribution in [0.2, 0.25) is 0 Å². The molecule has 3 aromatic rings. The van der Waals surface area contributed by atoms with Gasteiger partial charge in [0, 0.05) is 48.9 Å². The maximum Gasteiger partial charge on any atom is 0.138 e. The first-order chi connectivity index (χ1) is 16.5. The third-order valence-corrected chi connectivity index (χ3v) is 7.42. The number of likely N-dealkylation sites (tertiary alicyclic amines) is 1. The van der Waals surface area contributed by atoms with E-state index < -0.39 is 0 Å². The maximum atomic E-state index is 11.0. The van der Waals surface area contributed by atoms with Crippen LogP contribution < -0.4 is 9.64 Å². The zero-order valence-corrected chi connectivity index (χ0v) is 19.9. The SMILES string of the molecule is CCOc1cc(-c2ccc(N3CCC(C)(C(O)N4CCCC4)CC3)nc2)c2c(C#N)cnn2c1. The zero-order valence-electron chi connectivity index (χ0n) is 19.9. The summed E-state index contributed by atoms with van der Waals surface area (Å²) in [6.07, 6.45) is 9.12. The number of anilines is 1. The van der Waals surface area contributed by atoms with Gasteiger partial charge in [-0.15, -0.1) is 0 Å². The molecule has 0 radical (unpaired) electrons. The van der Waals surface area contributed by atoms with Crippen molar-refractivity contribution in [1.29, 1.82) is 5.26 Å². The Morgan fingerprint density at radius 3 is 2.59 bits per heavy atom. The number of ether oxygens (including phenoxy) is 1. The monoisotopic (exact) mass is 460 g/mol. The van der Waals surface area contributed by atoms with E-state index >= 15 is 0 Å². The lowest BCUT2D eigenvalue weighted by Gasteiger charge is -2.45. The van der Waals surface area contributed by atoms with Crippen molar-refractivity contribution in [3.8, 4) is 22.9 Å². The molecule has 0 bridgehead atoms. The Kier molecular flexibility index (Phi) is 6.15. The van der Waals surface area contributed by atoms with Gasteiger partial charge in [-0.2, -0.15) is 10.4 Å². The maximum absolute atomic E-state index is 11.0. The van der Waals surface area contributed by atoms with Crippen molar-refractivity contribution < 1.29 is 9.84 Å². The highest BCUT2D eigenvalue weighted by atomic mass is 16.5. The molecule has 8 nitrogen and oxygen atoms in total. The normalized spacial score (nSPS) is 19.3. The van der Waals surface area contributed by atoms with E-state index in [1.54, 1.807) is 16.9 Å². The molecule has 1 atom stereocenters. The summed E-state index contributed by atoms with van der Waals surface area (Å²) in [4.78, 5) is 9.31. The molecule has 2 fully saturated rings. The third-order valence-electron chi connectivity index (χ3n) is 7.42. The first-order valence-corrected chi connectivity index (χ1v) is 12.2.